The molecule has 1 fully saturated rings. The van der Waals surface area contributed by atoms with Crippen LogP contribution in [0.5, 0.6) is 5.75 Å². The van der Waals surface area contributed by atoms with E-state index >= 15 is 0 Å². The Morgan fingerprint density at radius 1 is 1.33 bits per heavy atom. The molecule has 0 bridgehead atoms. The van der Waals surface area contributed by atoms with Gasteiger partial charge in [0.1, 0.15) is 5.75 Å². The van der Waals surface area contributed by atoms with Gasteiger partial charge in [-0.15, -0.1) is 0 Å². The molecule has 0 spiro atoms. The van der Waals surface area contributed by atoms with E-state index in [1.165, 1.54) is 0 Å². The van der Waals surface area contributed by atoms with Crippen LogP contribution in [0, 0.1) is 6.92 Å². The maximum Gasteiger partial charge on any atom is 0.258 e. The van der Waals surface area contributed by atoms with Crippen LogP contribution in [0.1, 0.15) is 34.3 Å². The van der Waals surface area contributed by atoms with E-state index in [4.69, 9.17) is 4.74 Å². The third kappa shape index (κ3) is 3.74. The number of ether oxygens (including phenoxy) is 1. The van der Waals surface area contributed by atoms with Crippen LogP contribution in [-0.2, 0) is 11.3 Å². The number of nitrogens with zero attached hydrogens (tertiary/aromatic N) is 2. The molecule has 24 heavy (non-hydrogen) atoms. The van der Waals surface area contributed by atoms with E-state index in [0.29, 0.717) is 24.2 Å². The third-order valence-corrected chi connectivity index (χ3v) is 4.33. The van der Waals surface area contributed by atoms with Crippen LogP contribution in [0.25, 0.3) is 0 Å². The van der Waals surface area contributed by atoms with E-state index in [9.17, 15) is 9.90 Å². The summed E-state index contributed by atoms with van der Waals surface area (Å²) < 4.78 is 5.69. The molecule has 3 rings (SSSR count). The molecule has 126 valence electrons. The normalized spacial score (nSPS) is 17.0. The number of benzene rings is 1. The van der Waals surface area contributed by atoms with E-state index in [1.54, 1.807) is 42.4 Å². The minimum Gasteiger partial charge on any atom is -0.507 e. The number of amides is 1. The van der Waals surface area contributed by atoms with Gasteiger partial charge in [-0.1, -0.05) is 12.1 Å². The Hall–Kier alpha value is -2.40. The topological polar surface area (TPSA) is 62.7 Å². The van der Waals surface area contributed by atoms with Crippen molar-refractivity contribution in [2.75, 3.05) is 13.2 Å². The molecule has 1 saturated heterocycles. The highest BCUT2D eigenvalue weighted by Crippen LogP contribution is 2.24. The Labute approximate surface area is 141 Å². The summed E-state index contributed by atoms with van der Waals surface area (Å²) in [7, 11) is 0. The maximum absolute atomic E-state index is 13.0. The zero-order valence-electron chi connectivity index (χ0n) is 13.8. The van der Waals surface area contributed by atoms with Gasteiger partial charge in [-0.05, 0) is 49.1 Å². The van der Waals surface area contributed by atoms with Crippen molar-refractivity contribution in [3.63, 3.8) is 0 Å². The molecule has 1 aliphatic rings. The summed E-state index contributed by atoms with van der Waals surface area (Å²) in [5, 5.41) is 10.3. The maximum atomic E-state index is 13.0. The number of para-hydroxylation sites is 1. The first-order valence-corrected chi connectivity index (χ1v) is 8.23. The van der Waals surface area contributed by atoms with Gasteiger partial charge in [-0.3, -0.25) is 9.78 Å². The molecular weight excluding hydrogens is 304 g/mol. The number of hydrogen-bond acceptors (Lipinski definition) is 4. The van der Waals surface area contributed by atoms with Gasteiger partial charge < -0.3 is 14.7 Å². The Balaban J connectivity index is 1.84. The number of phenolic OH excluding ortho intramolecular Hbond substituents is 1. The zero-order chi connectivity index (χ0) is 16.9. The smallest absolute Gasteiger partial charge is 0.258 e. The molecule has 1 amide bonds. The van der Waals surface area contributed by atoms with Crippen molar-refractivity contribution in [1.29, 1.82) is 0 Å². The van der Waals surface area contributed by atoms with Gasteiger partial charge in [0.15, 0.2) is 0 Å². The van der Waals surface area contributed by atoms with E-state index in [-0.39, 0.29) is 17.8 Å². The highest BCUT2D eigenvalue weighted by molar-refractivity contribution is 5.97. The molecule has 1 atom stereocenters. The van der Waals surface area contributed by atoms with Crippen molar-refractivity contribution in [3.8, 4) is 5.75 Å². The second-order valence-electron chi connectivity index (χ2n) is 6.15. The highest BCUT2D eigenvalue weighted by atomic mass is 16.5. The van der Waals surface area contributed by atoms with Gasteiger partial charge in [-0.25, -0.2) is 0 Å². The number of rotatable bonds is 5. The van der Waals surface area contributed by atoms with Crippen LogP contribution >= 0.6 is 0 Å². The third-order valence-electron chi connectivity index (χ3n) is 4.33. The van der Waals surface area contributed by atoms with Gasteiger partial charge in [0.05, 0.1) is 11.7 Å². The lowest BCUT2D eigenvalue weighted by atomic mass is 10.1. The molecule has 1 aromatic heterocycles. The average molecular weight is 326 g/mol. The predicted octanol–water partition coefficient (Wildman–Crippen LogP) is 2.92. The summed E-state index contributed by atoms with van der Waals surface area (Å²) in [5.74, 6) is -0.127. The Kier molecular flexibility index (Phi) is 5.11. The van der Waals surface area contributed by atoms with Crippen molar-refractivity contribution in [2.45, 2.75) is 32.4 Å². The number of aromatic hydroxyl groups is 1. The molecule has 2 heterocycles. The van der Waals surface area contributed by atoms with Gasteiger partial charge in [0.2, 0.25) is 0 Å². The van der Waals surface area contributed by atoms with Gasteiger partial charge in [-0.2, -0.15) is 0 Å². The molecular formula is C19H22N2O3. The van der Waals surface area contributed by atoms with Gasteiger partial charge in [0, 0.05) is 32.1 Å². The van der Waals surface area contributed by atoms with Crippen molar-refractivity contribution >= 4 is 5.91 Å². The number of carbonyl (C=O) groups is 1. The van der Waals surface area contributed by atoms with E-state index in [1.807, 2.05) is 12.1 Å². The second-order valence-corrected chi connectivity index (χ2v) is 6.15. The first kappa shape index (κ1) is 16.5. The number of carbonyl (C=O) groups excluding carboxylic acids is 1. The number of aromatic nitrogens is 1. The molecule has 1 aromatic carbocycles. The molecule has 5 heteroatoms. The monoisotopic (exact) mass is 326 g/mol. The largest absolute Gasteiger partial charge is 0.507 e. The summed E-state index contributed by atoms with van der Waals surface area (Å²) in [6.07, 6.45) is 5.47. The minimum absolute atomic E-state index is 0.0505. The summed E-state index contributed by atoms with van der Waals surface area (Å²) >= 11 is 0. The van der Waals surface area contributed by atoms with Crippen molar-refractivity contribution in [3.05, 3.63) is 59.4 Å². The molecule has 5 nitrogen and oxygen atoms in total. The molecule has 2 aromatic rings. The van der Waals surface area contributed by atoms with Crippen LogP contribution < -0.4 is 0 Å². The molecule has 1 aliphatic heterocycles. The first-order chi connectivity index (χ1) is 11.6. The summed E-state index contributed by atoms with van der Waals surface area (Å²) in [6.45, 7) is 3.53. The number of phenols is 1. The van der Waals surface area contributed by atoms with Crippen LogP contribution in [0.3, 0.4) is 0 Å². The highest BCUT2D eigenvalue weighted by Gasteiger charge is 2.25. The lowest BCUT2D eigenvalue weighted by Crippen LogP contribution is -2.37. The number of pyridine rings is 1. The Morgan fingerprint density at radius 2 is 2.12 bits per heavy atom. The Morgan fingerprint density at radius 3 is 2.83 bits per heavy atom. The van der Waals surface area contributed by atoms with Crippen molar-refractivity contribution < 1.29 is 14.6 Å². The molecule has 0 saturated carbocycles. The second kappa shape index (κ2) is 7.45. The summed E-state index contributed by atoms with van der Waals surface area (Å²) in [5.41, 5.74) is 2.03. The SMILES string of the molecule is Cc1cccc(C(=O)N(Cc2ccncc2)C[C@@H]2CCCO2)c1O. The van der Waals surface area contributed by atoms with Crippen LogP contribution in [0.4, 0.5) is 0 Å². The summed E-state index contributed by atoms with van der Waals surface area (Å²) in [4.78, 5) is 18.8. The number of hydrogen-bond donors (Lipinski definition) is 1. The quantitative estimate of drug-likeness (QED) is 0.917. The van der Waals surface area contributed by atoms with E-state index in [0.717, 1.165) is 25.0 Å². The standard InChI is InChI=1S/C19H22N2O3/c1-14-4-2-6-17(18(14)22)19(23)21(13-16-5-3-11-24-16)12-15-7-9-20-10-8-15/h2,4,6-10,16,22H,3,5,11-13H2,1H3/t16-/m0/s1. The van der Waals surface area contributed by atoms with Crippen molar-refractivity contribution in [2.24, 2.45) is 0 Å². The predicted molar refractivity (Wildman–Crippen MR) is 90.8 cm³/mol. The van der Waals surface area contributed by atoms with Crippen LogP contribution in [-0.4, -0.2) is 40.2 Å². The fraction of sp³-hybridized carbons (Fsp3) is 0.368. The molecule has 0 radical (unpaired) electrons. The van der Waals surface area contributed by atoms with Crippen LogP contribution in [0.2, 0.25) is 0 Å². The minimum atomic E-state index is -0.177. The lowest BCUT2D eigenvalue weighted by Gasteiger charge is -2.26. The van der Waals surface area contributed by atoms with E-state index in [2.05, 4.69) is 4.98 Å². The van der Waals surface area contributed by atoms with Gasteiger partial charge >= 0.3 is 0 Å². The zero-order valence-corrected chi connectivity index (χ0v) is 13.8. The Bertz CT molecular complexity index is 697. The molecule has 1 N–H and O–H groups in total. The number of aryl methyl sites for hydroxylation is 1. The van der Waals surface area contributed by atoms with Gasteiger partial charge in [0.25, 0.3) is 5.91 Å². The van der Waals surface area contributed by atoms with E-state index < -0.39 is 0 Å². The van der Waals surface area contributed by atoms with Crippen LogP contribution in [0.15, 0.2) is 42.7 Å². The molecule has 0 aliphatic carbocycles. The molecule has 0 unspecified atom stereocenters. The average Bonchev–Trinajstić information content (AvgIpc) is 3.10. The lowest BCUT2D eigenvalue weighted by molar-refractivity contribution is 0.0505. The summed E-state index contributed by atoms with van der Waals surface area (Å²) in [6, 6.07) is 9.04. The fourth-order valence-electron chi connectivity index (χ4n) is 2.96. The first-order valence-electron chi connectivity index (χ1n) is 8.23. The van der Waals surface area contributed by atoms with Crippen molar-refractivity contribution in [1.82, 2.24) is 9.88 Å². The fourth-order valence-corrected chi connectivity index (χ4v) is 2.96.